The third-order valence-electron chi connectivity index (χ3n) is 1.89. The topological polar surface area (TPSA) is 59.0 Å². The average molecular weight is 188 g/mol. The van der Waals surface area contributed by atoms with Gasteiger partial charge in [-0.2, -0.15) is 10.2 Å². The molecular formula is C10H8N2O2. The van der Waals surface area contributed by atoms with Gasteiger partial charge in [-0.05, 0) is 17.7 Å². The van der Waals surface area contributed by atoms with Crippen molar-refractivity contribution in [1.82, 2.24) is 4.98 Å². The van der Waals surface area contributed by atoms with Crippen molar-refractivity contribution in [3.63, 3.8) is 0 Å². The lowest BCUT2D eigenvalue weighted by molar-refractivity contribution is 0.299. The third kappa shape index (κ3) is 1.40. The summed E-state index contributed by atoms with van der Waals surface area (Å²) in [6, 6.07) is 7.54. The van der Waals surface area contributed by atoms with Gasteiger partial charge in [0.2, 0.25) is 0 Å². The zero-order valence-electron chi connectivity index (χ0n) is 7.65. The Balaban J connectivity index is 2.49. The molecule has 0 saturated heterocycles. The molecule has 4 nitrogen and oxygen atoms in total. The van der Waals surface area contributed by atoms with Crippen LogP contribution in [0.1, 0.15) is 5.56 Å². The number of hydrogen-bond donors (Lipinski definition) is 0. The molecule has 14 heavy (non-hydrogen) atoms. The van der Waals surface area contributed by atoms with E-state index in [1.54, 1.807) is 6.07 Å². The molecule has 2 rings (SSSR count). The lowest BCUT2D eigenvalue weighted by Crippen LogP contribution is -1.81. The summed E-state index contributed by atoms with van der Waals surface area (Å²) >= 11 is 0. The first-order valence-corrected chi connectivity index (χ1v) is 4.14. The van der Waals surface area contributed by atoms with Crippen molar-refractivity contribution in [2.24, 2.45) is 0 Å². The lowest BCUT2D eigenvalue weighted by Gasteiger charge is -1.91. The van der Waals surface area contributed by atoms with Crippen LogP contribution in [-0.4, -0.2) is 12.1 Å². The van der Waals surface area contributed by atoms with Crippen molar-refractivity contribution in [2.45, 2.75) is 6.42 Å². The Hall–Kier alpha value is -2.02. The van der Waals surface area contributed by atoms with Gasteiger partial charge in [-0.15, -0.1) is 0 Å². The van der Waals surface area contributed by atoms with Gasteiger partial charge in [0.25, 0.3) is 0 Å². The number of aromatic nitrogens is 1. The standard InChI is InChI=1S/C10H8N2O2/c1-13-10-12-8-6-7(4-5-11)2-3-9(8)14-10/h2-3,6H,4H2,1H3. The van der Waals surface area contributed by atoms with Gasteiger partial charge in [0.05, 0.1) is 19.6 Å². The molecule has 0 bridgehead atoms. The molecule has 1 aromatic heterocycles. The number of hydrogen-bond acceptors (Lipinski definition) is 4. The monoisotopic (exact) mass is 188 g/mol. The van der Waals surface area contributed by atoms with Gasteiger partial charge < -0.3 is 9.15 Å². The van der Waals surface area contributed by atoms with E-state index < -0.39 is 0 Å². The highest BCUT2D eigenvalue weighted by Crippen LogP contribution is 2.21. The molecule has 0 N–H and O–H groups in total. The number of oxazole rings is 1. The first kappa shape index (κ1) is 8.57. The van der Waals surface area contributed by atoms with E-state index in [9.17, 15) is 0 Å². The van der Waals surface area contributed by atoms with Crippen LogP contribution in [0.2, 0.25) is 0 Å². The van der Waals surface area contributed by atoms with Gasteiger partial charge in [0, 0.05) is 0 Å². The SMILES string of the molecule is COc1nc2cc(CC#N)ccc2o1. The predicted molar refractivity (Wildman–Crippen MR) is 49.9 cm³/mol. The van der Waals surface area contributed by atoms with Crippen molar-refractivity contribution in [3.05, 3.63) is 23.8 Å². The Morgan fingerprint density at radius 1 is 1.57 bits per heavy atom. The minimum Gasteiger partial charge on any atom is -0.453 e. The molecule has 0 atom stereocenters. The normalized spacial score (nSPS) is 10.0. The van der Waals surface area contributed by atoms with E-state index in [1.165, 1.54) is 7.11 Å². The predicted octanol–water partition coefficient (Wildman–Crippen LogP) is 1.90. The van der Waals surface area contributed by atoms with E-state index in [0.717, 1.165) is 11.1 Å². The highest BCUT2D eigenvalue weighted by molar-refractivity contribution is 5.73. The molecule has 4 heteroatoms. The Morgan fingerprint density at radius 3 is 3.14 bits per heavy atom. The van der Waals surface area contributed by atoms with Crippen molar-refractivity contribution >= 4 is 11.1 Å². The second-order valence-electron chi connectivity index (χ2n) is 2.82. The molecule has 1 heterocycles. The van der Waals surface area contributed by atoms with Crippen LogP contribution in [0.4, 0.5) is 0 Å². The molecule has 1 aromatic carbocycles. The van der Waals surface area contributed by atoms with Crippen molar-refractivity contribution < 1.29 is 9.15 Å². The quantitative estimate of drug-likeness (QED) is 0.722. The molecule has 70 valence electrons. The summed E-state index contributed by atoms with van der Waals surface area (Å²) in [6.07, 6.45) is 0.625. The van der Waals surface area contributed by atoms with E-state index in [0.29, 0.717) is 12.0 Å². The second kappa shape index (κ2) is 3.38. The maximum Gasteiger partial charge on any atom is 0.394 e. The molecule has 0 radical (unpaired) electrons. The Bertz CT molecular complexity index is 496. The number of fused-ring (bicyclic) bond motifs is 1. The summed E-state index contributed by atoms with van der Waals surface area (Å²) in [5.74, 6) is 0. The zero-order valence-corrected chi connectivity index (χ0v) is 7.65. The van der Waals surface area contributed by atoms with Crippen LogP contribution in [0.5, 0.6) is 6.08 Å². The maximum atomic E-state index is 8.52. The summed E-state index contributed by atoms with van der Waals surface area (Å²) < 4.78 is 10.1. The maximum absolute atomic E-state index is 8.52. The number of benzene rings is 1. The first-order chi connectivity index (χ1) is 6.83. The van der Waals surface area contributed by atoms with Crippen LogP contribution in [0, 0.1) is 11.3 Å². The third-order valence-corrected chi connectivity index (χ3v) is 1.89. The molecule has 0 fully saturated rings. The van der Waals surface area contributed by atoms with E-state index in [1.807, 2.05) is 12.1 Å². The molecule has 2 aromatic rings. The molecule has 0 aliphatic rings. The Labute approximate surface area is 80.7 Å². The molecule has 0 amide bonds. The fourth-order valence-corrected chi connectivity index (χ4v) is 1.24. The van der Waals surface area contributed by atoms with Crippen molar-refractivity contribution in [1.29, 1.82) is 5.26 Å². The smallest absolute Gasteiger partial charge is 0.394 e. The summed E-state index contributed by atoms with van der Waals surface area (Å²) in [7, 11) is 1.50. The van der Waals surface area contributed by atoms with Crippen molar-refractivity contribution in [3.8, 4) is 12.1 Å². The highest BCUT2D eigenvalue weighted by Gasteiger charge is 2.05. The second-order valence-corrected chi connectivity index (χ2v) is 2.82. The van der Waals surface area contributed by atoms with E-state index in [4.69, 9.17) is 14.4 Å². The van der Waals surface area contributed by atoms with Crippen LogP contribution in [0.3, 0.4) is 0 Å². The van der Waals surface area contributed by atoms with Gasteiger partial charge in [0.1, 0.15) is 5.52 Å². The summed E-state index contributed by atoms with van der Waals surface area (Å²) in [5.41, 5.74) is 2.31. The summed E-state index contributed by atoms with van der Waals surface area (Å²) in [5, 5.41) is 8.52. The zero-order chi connectivity index (χ0) is 9.97. The van der Waals surface area contributed by atoms with Crippen molar-refractivity contribution in [2.75, 3.05) is 7.11 Å². The first-order valence-electron chi connectivity index (χ1n) is 4.14. The van der Waals surface area contributed by atoms with E-state index in [2.05, 4.69) is 11.1 Å². The average Bonchev–Trinajstić information content (AvgIpc) is 2.60. The van der Waals surface area contributed by atoms with Gasteiger partial charge in [0.15, 0.2) is 5.58 Å². The summed E-state index contributed by atoms with van der Waals surface area (Å²) in [4.78, 5) is 4.08. The van der Waals surface area contributed by atoms with Crippen LogP contribution in [0.25, 0.3) is 11.1 Å². The molecule has 0 spiro atoms. The fourth-order valence-electron chi connectivity index (χ4n) is 1.24. The van der Waals surface area contributed by atoms with Crippen LogP contribution < -0.4 is 4.74 Å². The lowest BCUT2D eigenvalue weighted by atomic mass is 10.1. The van der Waals surface area contributed by atoms with Gasteiger partial charge in [-0.3, -0.25) is 0 Å². The van der Waals surface area contributed by atoms with Gasteiger partial charge >= 0.3 is 6.08 Å². The number of nitriles is 1. The minimum atomic E-state index is 0.245. The molecule has 0 aliphatic heterocycles. The number of rotatable bonds is 2. The Kier molecular flexibility index (Phi) is 2.07. The Morgan fingerprint density at radius 2 is 2.43 bits per heavy atom. The summed E-state index contributed by atoms with van der Waals surface area (Å²) in [6.45, 7) is 0. The minimum absolute atomic E-state index is 0.245. The largest absolute Gasteiger partial charge is 0.453 e. The highest BCUT2D eigenvalue weighted by atomic mass is 16.6. The van der Waals surface area contributed by atoms with Gasteiger partial charge in [-0.25, -0.2) is 0 Å². The molecule has 0 aliphatic carbocycles. The van der Waals surface area contributed by atoms with E-state index >= 15 is 0 Å². The molecule has 0 saturated carbocycles. The number of ether oxygens (including phenoxy) is 1. The number of methoxy groups -OCH3 is 1. The van der Waals surface area contributed by atoms with Crippen LogP contribution in [-0.2, 0) is 6.42 Å². The van der Waals surface area contributed by atoms with Gasteiger partial charge in [-0.1, -0.05) is 6.07 Å². The molecular weight excluding hydrogens is 180 g/mol. The fraction of sp³-hybridized carbons (Fsp3) is 0.200. The van der Waals surface area contributed by atoms with Crippen LogP contribution >= 0.6 is 0 Å². The molecule has 0 unspecified atom stereocenters. The van der Waals surface area contributed by atoms with Crippen LogP contribution in [0.15, 0.2) is 22.6 Å². The van der Waals surface area contributed by atoms with E-state index in [-0.39, 0.29) is 6.08 Å². The number of nitrogens with zero attached hydrogens (tertiary/aromatic N) is 2.